The molecule has 1 saturated carbocycles. The fraction of sp³-hybridized carbons (Fsp3) is 0.640. The van der Waals surface area contributed by atoms with Gasteiger partial charge >= 0.3 is 6.18 Å². The van der Waals surface area contributed by atoms with E-state index in [0.717, 1.165) is 12.1 Å². The minimum absolute atomic E-state index is 0.0711. The average molecular weight is 541 g/mol. The highest BCUT2D eigenvalue weighted by Gasteiger charge is 2.45. The second-order valence-electron chi connectivity index (χ2n) is 10.2. The summed E-state index contributed by atoms with van der Waals surface area (Å²) in [5.41, 5.74) is -0.237. The van der Waals surface area contributed by atoms with Crippen molar-refractivity contribution in [2.45, 2.75) is 51.2 Å². The van der Waals surface area contributed by atoms with Gasteiger partial charge in [0, 0.05) is 43.9 Å². The first-order valence-corrected chi connectivity index (χ1v) is 14.0. The van der Waals surface area contributed by atoms with Crippen molar-refractivity contribution in [3.63, 3.8) is 0 Å². The molecule has 0 radical (unpaired) electrons. The number of carbonyl (C=O) groups is 2. The van der Waals surface area contributed by atoms with Gasteiger partial charge in [-0.15, -0.1) is 0 Å². The number of halogens is 3. The number of rotatable bonds is 7. The highest BCUT2D eigenvalue weighted by molar-refractivity contribution is 7.86. The molecule has 1 unspecified atom stereocenters. The molecule has 8 nitrogen and oxygen atoms in total. The third-order valence-corrected chi connectivity index (χ3v) is 9.72. The standard InChI is InChI=1S/C25H31F3N4O4S/c1-16(18-7-9-20(10-8-18)25(26,27)28)30-24(34)22-6-2-5-21(22)23(33)19-4-3-11-31(15-19)37(35,36)32-13-17(12-29)14-32/h7-10,16-17,19,21-22H,2-6,11,13-15H2,1H3,(H,30,34)/t16-,19+,21?,22+/m1/s1. The number of nitrogens with zero attached hydrogens (tertiary/aromatic N) is 3. The third kappa shape index (κ3) is 5.84. The van der Waals surface area contributed by atoms with Gasteiger partial charge in [0.1, 0.15) is 5.78 Å². The van der Waals surface area contributed by atoms with Crippen molar-refractivity contribution < 1.29 is 31.2 Å². The first kappa shape index (κ1) is 27.5. The average Bonchev–Trinajstić information content (AvgIpc) is 3.32. The predicted molar refractivity (Wildman–Crippen MR) is 128 cm³/mol. The monoisotopic (exact) mass is 540 g/mol. The fourth-order valence-corrected chi connectivity index (χ4v) is 7.33. The molecule has 3 aliphatic rings. The number of benzene rings is 1. The Morgan fingerprint density at radius 1 is 1.03 bits per heavy atom. The molecule has 0 bridgehead atoms. The van der Waals surface area contributed by atoms with Crippen LogP contribution in [0.3, 0.4) is 0 Å². The van der Waals surface area contributed by atoms with E-state index in [9.17, 15) is 31.2 Å². The number of ketones is 1. The molecule has 202 valence electrons. The summed E-state index contributed by atoms with van der Waals surface area (Å²) in [4.78, 5) is 26.6. The Hall–Kier alpha value is -2.49. The Balaban J connectivity index is 1.37. The number of piperidine rings is 1. The summed E-state index contributed by atoms with van der Waals surface area (Å²) >= 11 is 0. The molecule has 37 heavy (non-hydrogen) atoms. The third-order valence-electron chi connectivity index (χ3n) is 7.78. The minimum atomic E-state index is -4.44. The van der Waals surface area contributed by atoms with Gasteiger partial charge < -0.3 is 5.32 Å². The van der Waals surface area contributed by atoms with Crippen LogP contribution in [-0.4, -0.2) is 54.9 Å². The molecule has 4 atom stereocenters. The van der Waals surface area contributed by atoms with E-state index in [-0.39, 0.29) is 37.2 Å². The molecule has 1 aromatic rings. The summed E-state index contributed by atoms with van der Waals surface area (Å²) < 4.78 is 67.0. The van der Waals surface area contributed by atoms with Gasteiger partial charge in [-0.05, 0) is 50.3 Å². The quantitative estimate of drug-likeness (QED) is 0.571. The van der Waals surface area contributed by atoms with Crippen LogP contribution in [0.25, 0.3) is 0 Å². The van der Waals surface area contributed by atoms with Crippen molar-refractivity contribution in [3.05, 3.63) is 35.4 Å². The van der Waals surface area contributed by atoms with E-state index in [1.807, 2.05) is 0 Å². The molecule has 0 aromatic heterocycles. The van der Waals surface area contributed by atoms with Crippen molar-refractivity contribution in [1.82, 2.24) is 13.9 Å². The van der Waals surface area contributed by atoms with Crippen LogP contribution >= 0.6 is 0 Å². The van der Waals surface area contributed by atoms with E-state index in [0.29, 0.717) is 44.2 Å². The van der Waals surface area contributed by atoms with Crippen molar-refractivity contribution in [1.29, 1.82) is 5.26 Å². The van der Waals surface area contributed by atoms with Gasteiger partial charge in [-0.1, -0.05) is 18.6 Å². The summed E-state index contributed by atoms with van der Waals surface area (Å²) in [5.74, 6) is -2.28. The van der Waals surface area contributed by atoms with Crippen molar-refractivity contribution in [2.24, 2.45) is 23.7 Å². The Kier molecular flexibility index (Phi) is 7.97. The summed E-state index contributed by atoms with van der Waals surface area (Å²) in [7, 11) is -3.73. The van der Waals surface area contributed by atoms with Crippen molar-refractivity contribution in [3.8, 4) is 6.07 Å². The summed E-state index contributed by atoms with van der Waals surface area (Å²) in [6.45, 7) is 2.40. The number of Topliss-reactive ketones (excluding diaryl/α,β-unsaturated/α-hetero) is 1. The van der Waals surface area contributed by atoms with Gasteiger partial charge in [0.05, 0.1) is 23.6 Å². The highest BCUT2D eigenvalue weighted by Crippen LogP contribution is 2.37. The zero-order chi connectivity index (χ0) is 27.0. The Bertz CT molecular complexity index is 1160. The topological polar surface area (TPSA) is 111 Å². The Labute approximate surface area is 215 Å². The normalized spacial score (nSPS) is 26.7. The first-order chi connectivity index (χ1) is 17.4. The lowest BCUT2D eigenvalue weighted by Gasteiger charge is -2.40. The number of carbonyl (C=O) groups excluding carboxylic acids is 2. The molecule has 1 aromatic carbocycles. The lowest BCUT2D eigenvalue weighted by molar-refractivity contribution is -0.137. The van der Waals surface area contributed by atoms with E-state index in [2.05, 4.69) is 11.4 Å². The van der Waals surface area contributed by atoms with Gasteiger partial charge in [-0.2, -0.15) is 35.5 Å². The molecule has 3 fully saturated rings. The molecule has 2 saturated heterocycles. The molecule has 1 amide bonds. The molecule has 0 spiro atoms. The maximum Gasteiger partial charge on any atom is 0.416 e. The SMILES string of the molecule is C[C@@H](NC(=O)[C@H]1CCCC1C(=O)[C@H]1CCCN(S(=O)(=O)N2CC(C#N)C2)C1)c1ccc(C(F)(F)F)cc1. The number of hydrogen-bond acceptors (Lipinski definition) is 5. The van der Waals surface area contributed by atoms with Gasteiger partial charge in [-0.25, -0.2) is 0 Å². The van der Waals surface area contributed by atoms with E-state index in [1.54, 1.807) is 6.92 Å². The van der Waals surface area contributed by atoms with E-state index < -0.39 is 45.7 Å². The molecule has 1 aliphatic carbocycles. The van der Waals surface area contributed by atoms with Gasteiger partial charge in [0.25, 0.3) is 10.2 Å². The van der Waals surface area contributed by atoms with Gasteiger partial charge in [0.15, 0.2) is 0 Å². The molecule has 2 heterocycles. The number of alkyl halides is 3. The van der Waals surface area contributed by atoms with Crippen LogP contribution in [0.4, 0.5) is 13.2 Å². The summed E-state index contributed by atoms with van der Waals surface area (Å²) in [5, 5.41) is 11.8. The zero-order valence-electron chi connectivity index (χ0n) is 20.6. The van der Waals surface area contributed by atoms with Crippen LogP contribution in [-0.2, 0) is 26.0 Å². The molecule has 4 rings (SSSR count). The van der Waals surface area contributed by atoms with Crippen molar-refractivity contribution >= 4 is 21.9 Å². The maximum absolute atomic E-state index is 13.5. The van der Waals surface area contributed by atoms with Crippen LogP contribution in [0.5, 0.6) is 0 Å². The lowest BCUT2D eigenvalue weighted by Crippen LogP contribution is -2.57. The van der Waals surface area contributed by atoms with Gasteiger partial charge in [-0.3, -0.25) is 9.59 Å². The molecular formula is C25H31F3N4O4S. The maximum atomic E-state index is 13.5. The number of amides is 1. The van der Waals surface area contributed by atoms with E-state index >= 15 is 0 Å². The van der Waals surface area contributed by atoms with Crippen LogP contribution in [0.15, 0.2) is 24.3 Å². The molecule has 12 heteroatoms. The van der Waals surface area contributed by atoms with Crippen LogP contribution < -0.4 is 5.32 Å². The Morgan fingerprint density at radius 3 is 2.30 bits per heavy atom. The number of nitriles is 1. The minimum Gasteiger partial charge on any atom is -0.349 e. The molecule has 2 aliphatic heterocycles. The summed E-state index contributed by atoms with van der Waals surface area (Å²) in [6, 6.07) is 6.14. The molecule has 1 N–H and O–H groups in total. The predicted octanol–water partition coefficient (Wildman–Crippen LogP) is 3.28. The van der Waals surface area contributed by atoms with Crippen LogP contribution in [0.1, 0.15) is 56.2 Å². The molecular weight excluding hydrogens is 509 g/mol. The van der Waals surface area contributed by atoms with Crippen LogP contribution in [0, 0.1) is 35.0 Å². The fourth-order valence-electron chi connectivity index (χ4n) is 5.54. The second-order valence-corrected chi connectivity index (χ2v) is 12.2. The second kappa shape index (κ2) is 10.7. The van der Waals surface area contributed by atoms with E-state index in [4.69, 9.17) is 5.26 Å². The number of hydrogen-bond donors (Lipinski definition) is 1. The first-order valence-electron chi connectivity index (χ1n) is 12.6. The Morgan fingerprint density at radius 2 is 1.68 bits per heavy atom. The summed E-state index contributed by atoms with van der Waals surface area (Å²) in [6.07, 6.45) is -1.57. The van der Waals surface area contributed by atoms with E-state index in [1.165, 1.54) is 20.7 Å². The highest BCUT2D eigenvalue weighted by atomic mass is 32.2. The number of nitrogens with one attached hydrogen (secondary N) is 1. The zero-order valence-corrected chi connectivity index (χ0v) is 21.4. The van der Waals surface area contributed by atoms with Gasteiger partial charge in [0.2, 0.25) is 5.91 Å². The smallest absolute Gasteiger partial charge is 0.349 e. The lowest BCUT2D eigenvalue weighted by atomic mass is 9.82. The largest absolute Gasteiger partial charge is 0.416 e. The van der Waals surface area contributed by atoms with Crippen molar-refractivity contribution in [2.75, 3.05) is 26.2 Å². The van der Waals surface area contributed by atoms with Crippen LogP contribution in [0.2, 0.25) is 0 Å².